The fraction of sp³-hybridized carbons (Fsp3) is 0.620. The molecule has 0 aliphatic rings. The van der Waals surface area contributed by atoms with Crippen molar-refractivity contribution in [2.45, 2.75) is 271 Å². The van der Waals surface area contributed by atoms with Gasteiger partial charge in [0.15, 0.2) is 6.10 Å². The Balaban J connectivity index is 4.32. The number of ether oxygens (including phenoxy) is 3. The van der Waals surface area contributed by atoms with E-state index in [9.17, 15) is 14.4 Å². The predicted molar refractivity (Wildman–Crippen MR) is 334 cm³/mol. The van der Waals surface area contributed by atoms with Gasteiger partial charge in [-0.05, 0) is 135 Å². The fourth-order valence-corrected chi connectivity index (χ4v) is 8.16. The quantitative estimate of drug-likeness (QED) is 0.0261. The van der Waals surface area contributed by atoms with Crippen LogP contribution in [0.1, 0.15) is 265 Å². The fourth-order valence-electron chi connectivity index (χ4n) is 8.16. The molecule has 0 aromatic carbocycles. The molecule has 0 fully saturated rings. The lowest BCUT2D eigenvalue weighted by Crippen LogP contribution is -2.30. The third-order valence-electron chi connectivity index (χ3n) is 12.8. The molecule has 1 unspecified atom stereocenters. The monoisotopic (exact) mass is 1060 g/mol. The maximum Gasteiger partial charge on any atom is 0.306 e. The molecular formula is C71H114O6. The lowest BCUT2D eigenvalue weighted by Gasteiger charge is -2.18. The molecule has 77 heavy (non-hydrogen) atoms. The largest absolute Gasteiger partial charge is 0.462 e. The van der Waals surface area contributed by atoms with Crippen LogP contribution in [0.4, 0.5) is 0 Å². The van der Waals surface area contributed by atoms with E-state index in [0.29, 0.717) is 19.3 Å². The van der Waals surface area contributed by atoms with Crippen LogP contribution in [0.25, 0.3) is 0 Å². The van der Waals surface area contributed by atoms with Gasteiger partial charge in [0, 0.05) is 19.3 Å². The zero-order chi connectivity index (χ0) is 55.7. The van der Waals surface area contributed by atoms with Crippen LogP contribution in [0.2, 0.25) is 0 Å². The molecule has 0 bridgehead atoms. The molecule has 0 aliphatic carbocycles. The Hall–Kier alpha value is -4.71. The zero-order valence-electron chi connectivity index (χ0n) is 49.7. The molecular weight excluding hydrogens is 949 g/mol. The van der Waals surface area contributed by atoms with Crippen molar-refractivity contribution < 1.29 is 28.6 Å². The van der Waals surface area contributed by atoms with Crippen molar-refractivity contribution in [3.63, 3.8) is 0 Å². The second kappa shape index (κ2) is 63.8. The van der Waals surface area contributed by atoms with Crippen molar-refractivity contribution in [3.05, 3.63) is 146 Å². The van der Waals surface area contributed by atoms with Gasteiger partial charge in [0.05, 0.1) is 0 Å². The predicted octanol–water partition coefficient (Wildman–Crippen LogP) is 21.5. The summed E-state index contributed by atoms with van der Waals surface area (Å²) in [6.07, 6.45) is 91.4. The number of carbonyl (C=O) groups is 3. The summed E-state index contributed by atoms with van der Waals surface area (Å²) in [6.45, 7) is 6.34. The smallest absolute Gasteiger partial charge is 0.306 e. The highest BCUT2D eigenvalue weighted by Gasteiger charge is 2.19. The van der Waals surface area contributed by atoms with Crippen LogP contribution in [0, 0.1) is 0 Å². The molecule has 0 saturated carbocycles. The Morgan fingerprint density at radius 2 is 0.506 bits per heavy atom. The van der Waals surface area contributed by atoms with Crippen molar-refractivity contribution in [1.82, 2.24) is 0 Å². The zero-order valence-corrected chi connectivity index (χ0v) is 49.7. The average molecular weight is 1060 g/mol. The van der Waals surface area contributed by atoms with Crippen LogP contribution in [0.15, 0.2) is 146 Å². The Kier molecular flexibility index (Phi) is 59.9. The number of esters is 3. The molecule has 0 N–H and O–H groups in total. The number of hydrogen-bond acceptors (Lipinski definition) is 6. The molecule has 0 spiro atoms. The molecule has 434 valence electrons. The maximum absolute atomic E-state index is 12.9. The Morgan fingerprint density at radius 1 is 0.273 bits per heavy atom. The molecule has 0 amide bonds. The van der Waals surface area contributed by atoms with Gasteiger partial charge in [-0.2, -0.15) is 0 Å². The number of rotatable bonds is 55. The van der Waals surface area contributed by atoms with Crippen molar-refractivity contribution in [1.29, 1.82) is 0 Å². The van der Waals surface area contributed by atoms with Gasteiger partial charge in [0.25, 0.3) is 0 Å². The Bertz CT molecular complexity index is 1700. The van der Waals surface area contributed by atoms with Gasteiger partial charge in [0.2, 0.25) is 0 Å². The minimum atomic E-state index is -0.799. The summed E-state index contributed by atoms with van der Waals surface area (Å²) in [5.74, 6) is -0.932. The van der Waals surface area contributed by atoms with Crippen molar-refractivity contribution in [3.8, 4) is 0 Å². The molecule has 0 heterocycles. The Morgan fingerprint density at radius 3 is 0.805 bits per heavy atom. The van der Waals surface area contributed by atoms with E-state index < -0.39 is 6.10 Å². The first-order valence-corrected chi connectivity index (χ1v) is 31.3. The summed E-state index contributed by atoms with van der Waals surface area (Å²) >= 11 is 0. The minimum absolute atomic E-state index is 0.0955. The normalized spacial score (nSPS) is 13.1. The lowest BCUT2D eigenvalue weighted by atomic mass is 10.1. The van der Waals surface area contributed by atoms with E-state index in [1.165, 1.54) is 64.2 Å². The molecule has 1 atom stereocenters. The third kappa shape index (κ3) is 62.0. The van der Waals surface area contributed by atoms with Gasteiger partial charge in [-0.3, -0.25) is 14.4 Å². The van der Waals surface area contributed by atoms with E-state index in [-0.39, 0.29) is 31.1 Å². The van der Waals surface area contributed by atoms with Crippen LogP contribution in [-0.2, 0) is 28.6 Å². The molecule has 6 heteroatoms. The van der Waals surface area contributed by atoms with Crippen LogP contribution in [0.3, 0.4) is 0 Å². The van der Waals surface area contributed by atoms with E-state index in [1.807, 2.05) is 0 Å². The number of carbonyl (C=O) groups excluding carboxylic acids is 3. The molecule has 0 rings (SSSR count). The second-order valence-corrected chi connectivity index (χ2v) is 20.2. The van der Waals surface area contributed by atoms with Crippen molar-refractivity contribution in [2.24, 2.45) is 0 Å². The number of hydrogen-bond donors (Lipinski definition) is 0. The summed E-state index contributed by atoms with van der Waals surface area (Å²) in [5.41, 5.74) is 0. The van der Waals surface area contributed by atoms with Gasteiger partial charge in [0.1, 0.15) is 13.2 Å². The molecule has 0 radical (unpaired) electrons. The average Bonchev–Trinajstić information content (AvgIpc) is 3.43. The van der Waals surface area contributed by atoms with E-state index in [2.05, 4.69) is 167 Å². The van der Waals surface area contributed by atoms with Crippen molar-refractivity contribution >= 4 is 17.9 Å². The topological polar surface area (TPSA) is 78.9 Å². The standard InChI is InChI=1S/C71H114O6/c1-4-7-10-13-16-19-22-24-26-28-29-30-31-32-33-34-35-36-37-38-39-40-41-43-44-46-49-52-55-58-61-64-70(73)76-67-68(66-75-69(72)63-60-57-54-51-48-21-18-15-12-9-6-3)77-71(74)65-62-59-56-53-50-47-45-42-27-25-23-20-17-14-11-8-5-2/h7-8,10-11,15-20,24-27,29-30,32-33,35-36,38-39,41,43,68H,4-6,9,12-14,21-23,28,31,34,37,40,42,44-67H2,1-3H3/b10-7-,11-8-,18-15-,19-16-,20-17-,26-24-,27-25-,30-29-,33-32-,36-35-,39-38-,43-41-. The number of allylic oxidation sites excluding steroid dienone is 24. The van der Waals surface area contributed by atoms with Crippen LogP contribution in [0.5, 0.6) is 0 Å². The van der Waals surface area contributed by atoms with E-state index in [0.717, 1.165) is 161 Å². The highest BCUT2D eigenvalue weighted by atomic mass is 16.6. The van der Waals surface area contributed by atoms with Gasteiger partial charge >= 0.3 is 17.9 Å². The summed E-state index contributed by atoms with van der Waals surface area (Å²) in [5, 5.41) is 0. The highest BCUT2D eigenvalue weighted by Crippen LogP contribution is 2.14. The number of unbranched alkanes of at least 4 members (excludes halogenated alkanes) is 20. The van der Waals surface area contributed by atoms with E-state index in [4.69, 9.17) is 14.2 Å². The van der Waals surface area contributed by atoms with Crippen LogP contribution >= 0.6 is 0 Å². The summed E-state index contributed by atoms with van der Waals surface area (Å²) in [7, 11) is 0. The molecule has 0 aliphatic heterocycles. The van der Waals surface area contributed by atoms with Gasteiger partial charge in [-0.25, -0.2) is 0 Å². The Labute approximate surface area is 474 Å². The van der Waals surface area contributed by atoms with Gasteiger partial charge < -0.3 is 14.2 Å². The van der Waals surface area contributed by atoms with Crippen LogP contribution in [-0.4, -0.2) is 37.2 Å². The van der Waals surface area contributed by atoms with E-state index in [1.54, 1.807) is 0 Å². The first kappa shape index (κ1) is 72.3. The maximum atomic E-state index is 12.9. The minimum Gasteiger partial charge on any atom is -0.462 e. The lowest BCUT2D eigenvalue weighted by molar-refractivity contribution is -0.167. The molecule has 0 aromatic heterocycles. The molecule has 6 nitrogen and oxygen atoms in total. The second-order valence-electron chi connectivity index (χ2n) is 20.2. The van der Waals surface area contributed by atoms with Gasteiger partial charge in [-0.1, -0.05) is 256 Å². The highest BCUT2D eigenvalue weighted by molar-refractivity contribution is 5.71. The third-order valence-corrected chi connectivity index (χ3v) is 12.8. The van der Waals surface area contributed by atoms with Crippen molar-refractivity contribution in [2.75, 3.05) is 13.2 Å². The first-order valence-electron chi connectivity index (χ1n) is 31.3. The summed E-state index contributed by atoms with van der Waals surface area (Å²) < 4.78 is 16.9. The molecule has 0 saturated heterocycles. The van der Waals surface area contributed by atoms with Crippen LogP contribution < -0.4 is 0 Å². The van der Waals surface area contributed by atoms with E-state index >= 15 is 0 Å². The van der Waals surface area contributed by atoms with Gasteiger partial charge in [-0.15, -0.1) is 0 Å². The summed E-state index contributed by atoms with van der Waals surface area (Å²) in [4.78, 5) is 38.2. The summed E-state index contributed by atoms with van der Waals surface area (Å²) in [6, 6.07) is 0. The molecule has 0 aromatic rings. The first-order chi connectivity index (χ1) is 38.0. The SMILES string of the molecule is CC/C=C\C/C=C\C/C=C\C/C=C\C/C=C\C/C=C\C/C=C\C/C=C\CCCCCCCCC(=O)OCC(COC(=O)CCCCCCC/C=C\CCCC)OC(=O)CCCCCCCCC/C=C\C/C=C\C/C=C\CC.